The maximum Gasteiger partial charge on any atom is 0.0175 e. The molecule has 0 aromatic heterocycles. The summed E-state index contributed by atoms with van der Waals surface area (Å²) in [6.45, 7) is 4.51. The van der Waals surface area contributed by atoms with Crippen molar-refractivity contribution >= 4 is 15.9 Å². The van der Waals surface area contributed by atoms with Crippen molar-refractivity contribution in [1.29, 1.82) is 0 Å². The predicted octanol–water partition coefficient (Wildman–Crippen LogP) is 4.08. The molecular formula is C14H20BrN. The van der Waals surface area contributed by atoms with E-state index < -0.39 is 0 Å². The zero-order chi connectivity index (χ0) is 11.5. The molecule has 1 aromatic carbocycles. The van der Waals surface area contributed by atoms with Crippen LogP contribution < -0.4 is 5.32 Å². The second-order valence-electron chi connectivity index (χ2n) is 4.89. The van der Waals surface area contributed by atoms with Crippen LogP contribution in [0.5, 0.6) is 0 Å². The Morgan fingerprint density at radius 1 is 1.31 bits per heavy atom. The van der Waals surface area contributed by atoms with E-state index in [1.807, 2.05) is 0 Å². The van der Waals surface area contributed by atoms with Crippen LogP contribution in [0.15, 0.2) is 28.7 Å². The molecule has 0 heterocycles. The number of nitrogens with one attached hydrogen (secondary N) is 1. The van der Waals surface area contributed by atoms with E-state index in [1.54, 1.807) is 0 Å². The Morgan fingerprint density at radius 2 is 1.94 bits per heavy atom. The van der Waals surface area contributed by atoms with E-state index in [4.69, 9.17) is 0 Å². The normalized spacial score (nSPS) is 26.2. The first-order chi connectivity index (χ1) is 7.69. The fourth-order valence-electron chi connectivity index (χ4n) is 2.28. The number of halogens is 1. The molecule has 1 N–H and O–H groups in total. The molecule has 1 aliphatic carbocycles. The number of hydrogen-bond acceptors (Lipinski definition) is 1. The maximum absolute atomic E-state index is 3.67. The first-order valence-electron chi connectivity index (χ1n) is 6.20. The summed E-state index contributed by atoms with van der Waals surface area (Å²) in [5.74, 6) is 0.773. The summed E-state index contributed by atoms with van der Waals surface area (Å²) in [5, 5.41) is 3.67. The molecule has 1 nitrogen and oxygen atoms in total. The van der Waals surface area contributed by atoms with Crippen molar-refractivity contribution < 1.29 is 0 Å². The quantitative estimate of drug-likeness (QED) is 0.877. The minimum absolute atomic E-state index is 0.663. The lowest BCUT2D eigenvalue weighted by atomic mass is 9.75. The van der Waals surface area contributed by atoms with Gasteiger partial charge in [0.2, 0.25) is 0 Å². The molecule has 0 saturated heterocycles. The van der Waals surface area contributed by atoms with Crippen molar-refractivity contribution in [1.82, 2.24) is 5.32 Å². The molecule has 2 heteroatoms. The topological polar surface area (TPSA) is 12.0 Å². The second kappa shape index (κ2) is 5.33. The van der Waals surface area contributed by atoms with Gasteiger partial charge in [0.25, 0.3) is 0 Å². The predicted molar refractivity (Wildman–Crippen MR) is 72.8 cm³/mol. The molecule has 1 fully saturated rings. The number of benzene rings is 1. The van der Waals surface area contributed by atoms with Crippen LogP contribution in [0.25, 0.3) is 0 Å². The van der Waals surface area contributed by atoms with Gasteiger partial charge in [0.15, 0.2) is 0 Å². The molecule has 2 rings (SSSR count). The summed E-state index contributed by atoms with van der Waals surface area (Å²) < 4.78 is 1.17. The minimum Gasteiger partial charge on any atom is -0.311 e. The van der Waals surface area contributed by atoms with Gasteiger partial charge in [0, 0.05) is 16.6 Å². The maximum atomic E-state index is 3.67. The minimum atomic E-state index is 0.663. The second-order valence-corrected chi connectivity index (χ2v) is 5.81. The Hall–Kier alpha value is -0.340. The highest BCUT2D eigenvalue weighted by atomic mass is 79.9. The SMILES string of the molecule is CCC(C)NC1CC(c2ccc(Br)cc2)C1. The van der Waals surface area contributed by atoms with Gasteiger partial charge < -0.3 is 5.32 Å². The van der Waals surface area contributed by atoms with Crippen LogP contribution in [-0.4, -0.2) is 12.1 Å². The van der Waals surface area contributed by atoms with Gasteiger partial charge in [-0.1, -0.05) is 35.0 Å². The summed E-state index contributed by atoms with van der Waals surface area (Å²) in [6, 6.07) is 10.2. The molecule has 1 saturated carbocycles. The van der Waals surface area contributed by atoms with E-state index in [1.165, 1.54) is 29.3 Å². The Kier molecular flexibility index (Phi) is 4.04. The number of hydrogen-bond donors (Lipinski definition) is 1. The van der Waals surface area contributed by atoms with Crippen LogP contribution in [0.2, 0.25) is 0 Å². The fraction of sp³-hybridized carbons (Fsp3) is 0.571. The molecule has 0 radical (unpaired) electrons. The van der Waals surface area contributed by atoms with Gasteiger partial charge in [-0.2, -0.15) is 0 Å². The Bertz CT molecular complexity index is 327. The molecule has 0 bridgehead atoms. The third-order valence-electron chi connectivity index (χ3n) is 3.61. The summed E-state index contributed by atoms with van der Waals surface area (Å²) in [4.78, 5) is 0. The third-order valence-corrected chi connectivity index (χ3v) is 4.14. The average Bonchev–Trinajstić information content (AvgIpc) is 2.24. The highest BCUT2D eigenvalue weighted by molar-refractivity contribution is 9.10. The van der Waals surface area contributed by atoms with Crippen molar-refractivity contribution in [2.45, 2.75) is 51.1 Å². The molecule has 1 atom stereocenters. The largest absolute Gasteiger partial charge is 0.311 e. The number of rotatable bonds is 4. The van der Waals surface area contributed by atoms with Crippen molar-refractivity contribution in [3.8, 4) is 0 Å². The molecule has 1 aromatic rings. The van der Waals surface area contributed by atoms with E-state index in [0.29, 0.717) is 6.04 Å². The fourth-order valence-corrected chi connectivity index (χ4v) is 2.55. The standard InChI is InChI=1S/C14H20BrN/c1-3-10(2)16-14-8-12(9-14)11-4-6-13(15)7-5-11/h4-7,10,12,14,16H,3,8-9H2,1-2H3. The van der Waals surface area contributed by atoms with Gasteiger partial charge in [0.1, 0.15) is 0 Å². The lowest BCUT2D eigenvalue weighted by molar-refractivity contribution is 0.267. The van der Waals surface area contributed by atoms with E-state index in [2.05, 4.69) is 59.4 Å². The van der Waals surface area contributed by atoms with E-state index in [0.717, 1.165) is 12.0 Å². The van der Waals surface area contributed by atoms with Gasteiger partial charge in [-0.05, 0) is 49.8 Å². The zero-order valence-electron chi connectivity index (χ0n) is 10.0. The molecule has 88 valence electrons. The monoisotopic (exact) mass is 281 g/mol. The molecular weight excluding hydrogens is 262 g/mol. The summed E-state index contributed by atoms with van der Waals surface area (Å²) in [5.41, 5.74) is 1.49. The lowest BCUT2D eigenvalue weighted by Gasteiger charge is -2.38. The molecule has 1 unspecified atom stereocenters. The van der Waals surface area contributed by atoms with Crippen molar-refractivity contribution in [3.05, 3.63) is 34.3 Å². The van der Waals surface area contributed by atoms with Gasteiger partial charge in [0.05, 0.1) is 0 Å². The van der Waals surface area contributed by atoms with Gasteiger partial charge in [-0.25, -0.2) is 0 Å². The van der Waals surface area contributed by atoms with Gasteiger partial charge in [-0.15, -0.1) is 0 Å². The lowest BCUT2D eigenvalue weighted by Crippen LogP contribution is -2.44. The van der Waals surface area contributed by atoms with Crippen molar-refractivity contribution in [3.63, 3.8) is 0 Å². The first-order valence-corrected chi connectivity index (χ1v) is 7.00. The van der Waals surface area contributed by atoms with Gasteiger partial charge in [-0.3, -0.25) is 0 Å². The molecule has 0 amide bonds. The third kappa shape index (κ3) is 2.86. The molecule has 1 aliphatic rings. The average molecular weight is 282 g/mol. The zero-order valence-corrected chi connectivity index (χ0v) is 11.6. The summed E-state index contributed by atoms with van der Waals surface area (Å²) in [6.07, 6.45) is 3.82. The van der Waals surface area contributed by atoms with Crippen LogP contribution in [0.3, 0.4) is 0 Å². The highest BCUT2D eigenvalue weighted by Crippen LogP contribution is 2.37. The highest BCUT2D eigenvalue weighted by Gasteiger charge is 2.30. The van der Waals surface area contributed by atoms with Crippen LogP contribution in [0, 0.1) is 0 Å². The summed E-state index contributed by atoms with van der Waals surface area (Å²) >= 11 is 3.48. The van der Waals surface area contributed by atoms with E-state index in [-0.39, 0.29) is 0 Å². The van der Waals surface area contributed by atoms with Crippen LogP contribution in [0.4, 0.5) is 0 Å². The molecule has 0 aliphatic heterocycles. The Balaban J connectivity index is 1.82. The van der Waals surface area contributed by atoms with Gasteiger partial charge >= 0.3 is 0 Å². The van der Waals surface area contributed by atoms with E-state index >= 15 is 0 Å². The first kappa shape index (κ1) is 12.1. The van der Waals surface area contributed by atoms with Crippen LogP contribution in [-0.2, 0) is 0 Å². The van der Waals surface area contributed by atoms with Crippen LogP contribution >= 0.6 is 15.9 Å². The summed E-state index contributed by atoms with van der Waals surface area (Å²) in [7, 11) is 0. The van der Waals surface area contributed by atoms with E-state index in [9.17, 15) is 0 Å². The Labute approximate surface area is 107 Å². The molecule has 0 spiro atoms. The smallest absolute Gasteiger partial charge is 0.0175 e. The van der Waals surface area contributed by atoms with Crippen molar-refractivity contribution in [2.75, 3.05) is 0 Å². The molecule has 16 heavy (non-hydrogen) atoms. The van der Waals surface area contributed by atoms with Crippen molar-refractivity contribution in [2.24, 2.45) is 0 Å². The Morgan fingerprint density at radius 3 is 2.50 bits per heavy atom. The van der Waals surface area contributed by atoms with Crippen LogP contribution in [0.1, 0.15) is 44.6 Å².